The summed E-state index contributed by atoms with van der Waals surface area (Å²) in [5, 5.41) is 3.69. The molecule has 0 saturated carbocycles. The zero-order chi connectivity index (χ0) is 21.4. The lowest BCUT2D eigenvalue weighted by Crippen LogP contribution is -2.28. The van der Waals surface area contributed by atoms with E-state index in [1.54, 1.807) is 24.3 Å². The summed E-state index contributed by atoms with van der Waals surface area (Å²) in [5.74, 6) is -0.348. The van der Waals surface area contributed by atoms with E-state index in [1.165, 1.54) is 10.9 Å². The van der Waals surface area contributed by atoms with E-state index in [2.05, 4.69) is 10.3 Å². The van der Waals surface area contributed by atoms with Crippen molar-refractivity contribution in [1.29, 1.82) is 0 Å². The summed E-state index contributed by atoms with van der Waals surface area (Å²) in [7, 11) is 0. The number of anilines is 1. The molecule has 0 bridgehead atoms. The summed E-state index contributed by atoms with van der Waals surface area (Å²) >= 11 is 6.09. The third-order valence-electron chi connectivity index (χ3n) is 5.24. The molecule has 1 N–H and O–H groups in total. The maximum atomic E-state index is 13.2. The van der Waals surface area contributed by atoms with Crippen molar-refractivity contribution in [3.63, 3.8) is 0 Å². The Balaban J connectivity index is 1.72. The Morgan fingerprint density at radius 3 is 2.47 bits per heavy atom. The highest BCUT2D eigenvalue weighted by Crippen LogP contribution is 2.25. The lowest BCUT2D eigenvalue weighted by atomic mass is 10.2. The van der Waals surface area contributed by atoms with Crippen LogP contribution >= 0.6 is 11.6 Å². The van der Waals surface area contributed by atoms with Gasteiger partial charge in [-0.15, -0.1) is 0 Å². The lowest BCUT2D eigenvalue weighted by molar-refractivity contribution is -0.116. The van der Waals surface area contributed by atoms with Crippen LogP contribution in [0.1, 0.15) is 16.8 Å². The molecule has 0 radical (unpaired) electrons. The summed E-state index contributed by atoms with van der Waals surface area (Å²) in [5.41, 5.74) is 4.73. The van der Waals surface area contributed by atoms with Gasteiger partial charge in [-0.3, -0.25) is 18.7 Å². The SMILES string of the molecule is Cc1ccc(-n2c(C)c(C)c3c(=O)n(CC(=O)Nc4ccccc4Cl)cnc32)cc1. The minimum absolute atomic E-state index is 0.152. The topological polar surface area (TPSA) is 68.9 Å². The Bertz CT molecular complexity index is 1320. The number of aromatic nitrogens is 3. The van der Waals surface area contributed by atoms with Gasteiger partial charge in [0.15, 0.2) is 5.65 Å². The quantitative estimate of drug-likeness (QED) is 0.531. The van der Waals surface area contributed by atoms with E-state index in [1.807, 2.05) is 49.6 Å². The monoisotopic (exact) mass is 420 g/mol. The third-order valence-corrected chi connectivity index (χ3v) is 5.57. The van der Waals surface area contributed by atoms with E-state index in [-0.39, 0.29) is 18.0 Å². The molecule has 7 heteroatoms. The van der Waals surface area contributed by atoms with Crippen molar-refractivity contribution in [2.24, 2.45) is 0 Å². The molecule has 6 nitrogen and oxygen atoms in total. The van der Waals surface area contributed by atoms with Crippen LogP contribution < -0.4 is 10.9 Å². The van der Waals surface area contributed by atoms with Gasteiger partial charge in [-0.25, -0.2) is 4.98 Å². The molecule has 4 rings (SSSR count). The van der Waals surface area contributed by atoms with E-state index in [4.69, 9.17) is 11.6 Å². The third kappa shape index (κ3) is 3.50. The van der Waals surface area contributed by atoms with Crippen molar-refractivity contribution >= 4 is 34.2 Å². The lowest BCUT2D eigenvalue weighted by Gasteiger charge is -2.10. The van der Waals surface area contributed by atoms with Gasteiger partial charge in [0.05, 0.1) is 16.1 Å². The van der Waals surface area contributed by atoms with E-state index in [0.29, 0.717) is 21.7 Å². The van der Waals surface area contributed by atoms with Crippen LogP contribution in [0.25, 0.3) is 16.7 Å². The van der Waals surface area contributed by atoms with E-state index in [0.717, 1.165) is 22.5 Å². The molecular weight excluding hydrogens is 400 g/mol. The van der Waals surface area contributed by atoms with Crippen LogP contribution in [0.4, 0.5) is 5.69 Å². The van der Waals surface area contributed by atoms with Gasteiger partial charge in [-0.05, 0) is 50.6 Å². The molecule has 0 saturated heterocycles. The molecular formula is C23H21ClN4O2. The van der Waals surface area contributed by atoms with Crippen LogP contribution in [0.3, 0.4) is 0 Å². The highest BCUT2D eigenvalue weighted by atomic mass is 35.5. The second-order valence-corrected chi connectivity index (χ2v) is 7.69. The van der Waals surface area contributed by atoms with E-state index < -0.39 is 0 Å². The molecule has 0 atom stereocenters. The fourth-order valence-electron chi connectivity index (χ4n) is 3.52. The number of benzene rings is 2. The average molecular weight is 421 g/mol. The number of fused-ring (bicyclic) bond motifs is 1. The number of amides is 1. The van der Waals surface area contributed by atoms with Gasteiger partial charge < -0.3 is 5.32 Å². The van der Waals surface area contributed by atoms with E-state index in [9.17, 15) is 9.59 Å². The van der Waals surface area contributed by atoms with Crippen LogP contribution in [-0.2, 0) is 11.3 Å². The van der Waals surface area contributed by atoms with Gasteiger partial charge in [0.25, 0.3) is 5.56 Å². The first-order valence-corrected chi connectivity index (χ1v) is 9.93. The maximum absolute atomic E-state index is 13.2. The van der Waals surface area contributed by atoms with Crippen molar-refractivity contribution in [2.75, 3.05) is 5.32 Å². The molecule has 0 unspecified atom stereocenters. The predicted octanol–water partition coefficient (Wildman–Crippen LogP) is 4.40. The number of carbonyl (C=O) groups is 1. The van der Waals surface area contributed by atoms with Gasteiger partial charge in [0, 0.05) is 11.4 Å². The number of carbonyl (C=O) groups excluding carboxylic acids is 1. The van der Waals surface area contributed by atoms with Gasteiger partial charge in [0.2, 0.25) is 5.91 Å². The van der Waals surface area contributed by atoms with Gasteiger partial charge in [-0.1, -0.05) is 41.4 Å². The number of para-hydroxylation sites is 1. The van der Waals surface area contributed by atoms with Crippen molar-refractivity contribution < 1.29 is 4.79 Å². The number of hydrogen-bond acceptors (Lipinski definition) is 3. The number of hydrogen-bond donors (Lipinski definition) is 1. The first-order chi connectivity index (χ1) is 14.4. The number of halogens is 1. The first kappa shape index (κ1) is 19.9. The summed E-state index contributed by atoms with van der Waals surface area (Å²) in [6.45, 7) is 5.74. The fraction of sp³-hybridized carbons (Fsp3) is 0.174. The minimum Gasteiger partial charge on any atom is -0.323 e. The Morgan fingerprint density at radius 2 is 1.77 bits per heavy atom. The highest BCUT2D eigenvalue weighted by Gasteiger charge is 2.18. The largest absolute Gasteiger partial charge is 0.323 e. The summed E-state index contributed by atoms with van der Waals surface area (Å²) in [6, 6.07) is 15.0. The molecule has 0 aliphatic carbocycles. The molecule has 0 aliphatic heterocycles. The Kier molecular flexibility index (Phi) is 5.18. The van der Waals surface area contributed by atoms with Crippen LogP contribution in [0.5, 0.6) is 0 Å². The Labute approximate surface area is 178 Å². The Morgan fingerprint density at radius 1 is 1.07 bits per heavy atom. The van der Waals surface area contributed by atoms with Crippen molar-refractivity contribution in [3.8, 4) is 5.69 Å². The van der Waals surface area contributed by atoms with Gasteiger partial charge in [-0.2, -0.15) is 0 Å². The van der Waals surface area contributed by atoms with Gasteiger partial charge >= 0.3 is 0 Å². The predicted molar refractivity (Wildman–Crippen MR) is 120 cm³/mol. The van der Waals surface area contributed by atoms with Crippen LogP contribution in [0.2, 0.25) is 5.02 Å². The molecule has 2 aromatic carbocycles. The molecule has 2 heterocycles. The number of aryl methyl sites for hydroxylation is 2. The number of nitrogens with zero attached hydrogens (tertiary/aromatic N) is 3. The molecule has 152 valence electrons. The van der Waals surface area contributed by atoms with Crippen molar-refractivity contribution in [3.05, 3.63) is 87.1 Å². The number of nitrogens with one attached hydrogen (secondary N) is 1. The summed E-state index contributed by atoms with van der Waals surface area (Å²) in [4.78, 5) is 30.1. The van der Waals surface area contributed by atoms with Crippen LogP contribution in [0.15, 0.2) is 59.7 Å². The van der Waals surface area contributed by atoms with Crippen molar-refractivity contribution in [2.45, 2.75) is 27.3 Å². The first-order valence-electron chi connectivity index (χ1n) is 9.55. The molecule has 0 aliphatic rings. The standard InChI is InChI=1S/C23H21ClN4O2/c1-14-8-10-17(11-9-14)28-16(3)15(2)21-22(28)25-13-27(23(21)30)12-20(29)26-19-7-5-4-6-18(19)24/h4-11,13H,12H2,1-3H3,(H,26,29). The second kappa shape index (κ2) is 7.80. The normalized spacial score (nSPS) is 11.1. The van der Waals surface area contributed by atoms with Gasteiger partial charge in [0.1, 0.15) is 12.9 Å². The Hall–Kier alpha value is -3.38. The average Bonchev–Trinajstić information content (AvgIpc) is 2.98. The number of rotatable bonds is 4. The zero-order valence-electron chi connectivity index (χ0n) is 16.9. The molecule has 0 fully saturated rings. The van der Waals surface area contributed by atoms with E-state index >= 15 is 0 Å². The smallest absolute Gasteiger partial charge is 0.263 e. The van der Waals surface area contributed by atoms with Crippen molar-refractivity contribution in [1.82, 2.24) is 14.1 Å². The fourth-order valence-corrected chi connectivity index (χ4v) is 3.70. The van der Waals surface area contributed by atoms with Crippen LogP contribution in [0, 0.1) is 20.8 Å². The molecule has 4 aromatic rings. The summed E-state index contributed by atoms with van der Waals surface area (Å²) < 4.78 is 3.29. The highest BCUT2D eigenvalue weighted by molar-refractivity contribution is 6.33. The minimum atomic E-state index is -0.348. The molecule has 30 heavy (non-hydrogen) atoms. The molecule has 0 spiro atoms. The molecule has 1 amide bonds. The van der Waals surface area contributed by atoms with Crippen LogP contribution in [-0.4, -0.2) is 20.0 Å². The zero-order valence-corrected chi connectivity index (χ0v) is 17.7. The maximum Gasteiger partial charge on any atom is 0.263 e. The second-order valence-electron chi connectivity index (χ2n) is 7.29. The molecule has 2 aromatic heterocycles. The summed E-state index contributed by atoms with van der Waals surface area (Å²) in [6.07, 6.45) is 1.42.